The molecule has 0 radical (unpaired) electrons. The van der Waals surface area contributed by atoms with Gasteiger partial charge in [0.1, 0.15) is 12.7 Å². The number of aliphatic hydroxyl groups excluding tert-OH is 2. The van der Waals surface area contributed by atoms with Gasteiger partial charge in [0.15, 0.2) is 0 Å². The van der Waals surface area contributed by atoms with E-state index >= 15 is 0 Å². The number of rotatable bonds is 7. The highest BCUT2D eigenvalue weighted by Gasteiger charge is 2.13. The van der Waals surface area contributed by atoms with E-state index in [2.05, 4.69) is 39.1 Å². The first kappa shape index (κ1) is 18.8. The van der Waals surface area contributed by atoms with Crippen molar-refractivity contribution in [1.29, 1.82) is 0 Å². The van der Waals surface area contributed by atoms with E-state index in [1.807, 2.05) is 19.1 Å². The quantitative estimate of drug-likeness (QED) is 0.448. The second-order valence-corrected chi connectivity index (χ2v) is 6.60. The molecule has 0 aliphatic heterocycles. The van der Waals surface area contributed by atoms with Crippen molar-refractivity contribution in [3.05, 3.63) is 62.5 Å². The number of aliphatic hydroxyl groups is 2. The predicted octanol–water partition coefficient (Wildman–Crippen LogP) is 1.60. The molecule has 1 aromatic heterocycles. The van der Waals surface area contributed by atoms with E-state index in [0.29, 0.717) is 12.0 Å². The second kappa shape index (κ2) is 9.07. The number of hydrogen-bond acceptors (Lipinski definition) is 5. The molecule has 1 aromatic carbocycles. The van der Waals surface area contributed by atoms with Gasteiger partial charge in [-0.15, -0.1) is 0 Å². The fraction of sp³-hybridized carbons (Fsp3) is 0.294. The van der Waals surface area contributed by atoms with Crippen LogP contribution in [0.4, 0.5) is 0 Å². The van der Waals surface area contributed by atoms with Gasteiger partial charge in [0.05, 0.1) is 6.61 Å². The lowest BCUT2D eigenvalue weighted by Crippen LogP contribution is -2.30. The summed E-state index contributed by atoms with van der Waals surface area (Å²) in [5.74, 6) is -0.416. The largest absolute Gasteiger partial charge is 0.394 e. The van der Waals surface area contributed by atoms with Crippen LogP contribution in [0.5, 0.6) is 0 Å². The highest BCUT2D eigenvalue weighted by molar-refractivity contribution is 14.1. The average molecular weight is 442 g/mol. The maximum atomic E-state index is 12.3. The zero-order valence-corrected chi connectivity index (χ0v) is 15.4. The summed E-state index contributed by atoms with van der Waals surface area (Å²) in [7, 11) is 0. The lowest BCUT2D eigenvalue weighted by molar-refractivity contribution is -0.0295. The number of carbonyl (C=O) groups excluding carboxylic acids is 1. The normalized spacial score (nSPS) is 12.0. The Balaban J connectivity index is 2.10. The van der Waals surface area contributed by atoms with Crippen LogP contribution in [0, 0.1) is 10.5 Å². The summed E-state index contributed by atoms with van der Waals surface area (Å²) in [6.45, 7) is 1.42. The molecule has 2 rings (SSSR count). The first-order valence-corrected chi connectivity index (χ1v) is 8.48. The van der Waals surface area contributed by atoms with Gasteiger partial charge in [-0.2, -0.15) is 0 Å². The number of hydroxylamine groups is 1. The highest BCUT2D eigenvalue weighted by Crippen LogP contribution is 2.18. The Bertz CT molecular complexity index is 709. The lowest BCUT2D eigenvalue weighted by atomic mass is 9.98. The molecule has 0 aliphatic rings. The lowest BCUT2D eigenvalue weighted by Gasteiger charge is -2.12. The number of nitrogens with zero attached hydrogens (tertiary/aromatic N) is 1. The van der Waals surface area contributed by atoms with Gasteiger partial charge < -0.3 is 10.2 Å². The SMILES string of the molecule is Cc1cc(I)ccc1Cc1cnccc1C(=O)NOC[C@H](O)CO. The second-order valence-electron chi connectivity index (χ2n) is 5.36. The van der Waals surface area contributed by atoms with Gasteiger partial charge in [-0.25, -0.2) is 5.48 Å². The number of benzene rings is 1. The van der Waals surface area contributed by atoms with Crippen LogP contribution in [0.3, 0.4) is 0 Å². The summed E-state index contributed by atoms with van der Waals surface area (Å²) in [5.41, 5.74) is 5.79. The Morgan fingerprint density at radius 2 is 2.17 bits per heavy atom. The number of nitrogens with one attached hydrogen (secondary N) is 1. The summed E-state index contributed by atoms with van der Waals surface area (Å²) in [6, 6.07) is 7.78. The molecule has 3 N–H and O–H groups in total. The minimum atomic E-state index is -1.03. The number of amides is 1. The van der Waals surface area contributed by atoms with Crippen LogP contribution in [-0.4, -0.2) is 40.4 Å². The molecule has 1 atom stereocenters. The zero-order chi connectivity index (χ0) is 17.5. The monoisotopic (exact) mass is 442 g/mol. The van der Waals surface area contributed by atoms with E-state index in [1.165, 1.54) is 0 Å². The zero-order valence-electron chi connectivity index (χ0n) is 13.2. The van der Waals surface area contributed by atoms with Gasteiger partial charge in [-0.3, -0.25) is 14.6 Å². The molecule has 24 heavy (non-hydrogen) atoms. The third-order valence-corrected chi connectivity index (χ3v) is 4.16. The summed E-state index contributed by atoms with van der Waals surface area (Å²) in [6.07, 6.45) is 2.76. The maximum absolute atomic E-state index is 12.3. The number of pyridine rings is 1. The van der Waals surface area contributed by atoms with Crippen molar-refractivity contribution in [2.75, 3.05) is 13.2 Å². The smallest absolute Gasteiger partial charge is 0.275 e. The number of carbonyl (C=O) groups is 1. The molecule has 1 heterocycles. The third-order valence-electron chi connectivity index (χ3n) is 3.49. The Morgan fingerprint density at radius 1 is 1.38 bits per heavy atom. The van der Waals surface area contributed by atoms with Crippen molar-refractivity contribution < 1.29 is 19.8 Å². The van der Waals surface area contributed by atoms with Crippen molar-refractivity contribution in [3.63, 3.8) is 0 Å². The molecule has 128 valence electrons. The molecular weight excluding hydrogens is 423 g/mol. The van der Waals surface area contributed by atoms with Gasteiger partial charge in [-0.1, -0.05) is 6.07 Å². The topological polar surface area (TPSA) is 91.7 Å². The molecule has 0 saturated carbocycles. The number of hydrogen-bond donors (Lipinski definition) is 3. The number of halogens is 1. The summed E-state index contributed by atoms with van der Waals surface area (Å²) in [5, 5.41) is 17.9. The predicted molar refractivity (Wildman–Crippen MR) is 97.4 cm³/mol. The van der Waals surface area contributed by atoms with E-state index in [9.17, 15) is 9.90 Å². The van der Waals surface area contributed by atoms with E-state index in [-0.39, 0.29) is 6.61 Å². The molecular formula is C17H19IN2O4. The Hall–Kier alpha value is -1.55. The molecule has 0 saturated heterocycles. The first-order chi connectivity index (χ1) is 11.5. The molecule has 1 amide bonds. The Kier molecular flexibility index (Phi) is 7.10. The molecule has 6 nitrogen and oxygen atoms in total. The third kappa shape index (κ3) is 5.23. The van der Waals surface area contributed by atoms with Crippen LogP contribution in [-0.2, 0) is 11.3 Å². The molecule has 0 aliphatic carbocycles. The van der Waals surface area contributed by atoms with Crippen molar-refractivity contribution in [2.24, 2.45) is 0 Å². The van der Waals surface area contributed by atoms with E-state index in [4.69, 9.17) is 9.94 Å². The van der Waals surface area contributed by atoms with Gasteiger partial charge in [0.2, 0.25) is 0 Å². The highest BCUT2D eigenvalue weighted by atomic mass is 127. The van der Waals surface area contributed by atoms with Crippen LogP contribution in [0.1, 0.15) is 27.0 Å². The van der Waals surface area contributed by atoms with Gasteiger partial charge in [0, 0.05) is 27.9 Å². The van der Waals surface area contributed by atoms with Crippen molar-refractivity contribution in [1.82, 2.24) is 10.5 Å². The minimum Gasteiger partial charge on any atom is -0.394 e. The van der Waals surface area contributed by atoms with E-state index in [0.717, 1.165) is 20.3 Å². The van der Waals surface area contributed by atoms with E-state index < -0.39 is 18.6 Å². The molecule has 0 spiro atoms. The summed E-state index contributed by atoms with van der Waals surface area (Å²) < 4.78 is 1.16. The van der Waals surface area contributed by atoms with Gasteiger partial charge >= 0.3 is 0 Å². The molecule has 7 heteroatoms. The fourth-order valence-electron chi connectivity index (χ4n) is 2.16. The molecule has 0 bridgehead atoms. The van der Waals surface area contributed by atoms with Crippen molar-refractivity contribution in [2.45, 2.75) is 19.4 Å². The number of aromatic nitrogens is 1. The van der Waals surface area contributed by atoms with Crippen molar-refractivity contribution in [3.8, 4) is 0 Å². The summed E-state index contributed by atoms with van der Waals surface area (Å²) in [4.78, 5) is 21.3. The Morgan fingerprint density at radius 3 is 2.88 bits per heavy atom. The fourth-order valence-corrected chi connectivity index (χ4v) is 2.81. The molecule has 2 aromatic rings. The van der Waals surface area contributed by atoms with Crippen LogP contribution >= 0.6 is 22.6 Å². The average Bonchev–Trinajstić information content (AvgIpc) is 2.57. The molecule has 0 fully saturated rings. The summed E-state index contributed by atoms with van der Waals surface area (Å²) >= 11 is 2.26. The molecule has 0 unspecified atom stereocenters. The van der Waals surface area contributed by atoms with Crippen LogP contribution in [0.15, 0.2) is 36.7 Å². The van der Waals surface area contributed by atoms with Crippen LogP contribution in [0.2, 0.25) is 0 Å². The maximum Gasteiger partial charge on any atom is 0.275 e. The van der Waals surface area contributed by atoms with Crippen molar-refractivity contribution >= 4 is 28.5 Å². The van der Waals surface area contributed by atoms with Crippen LogP contribution in [0.25, 0.3) is 0 Å². The van der Waals surface area contributed by atoms with Gasteiger partial charge in [0.25, 0.3) is 5.91 Å². The standard InChI is InChI=1S/C17H19IN2O4/c1-11-6-14(18)3-2-12(11)7-13-8-19-5-4-16(13)17(23)20-24-10-15(22)9-21/h2-6,8,15,21-22H,7,9-10H2,1H3,(H,20,23)/t15-/m1/s1. The number of aryl methyl sites for hydroxylation is 1. The van der Waals surface area contributed by atoms with Crippen LogP contribution < -0.4 is 5.48 Å². The minimum absolute atomic E-state index is 0.182. The van der Waals surface area contributed by atoms with E-state index in [1.54, 1.807) is 18.5 Å². The Labute approximate surface area is 154 Å². The van der Waals surface area contributed by atoms with Gasteiger partial charge in [-0.05, 0) is 64.4 Å². The first-order valence-electron chi connectivity index (χ1n) is 7.40.